The third-order valence-electron chi connectivity index (χ3n) is 6.37. The maximum Gasteiger partial charge on any atom is 0.168 e. The molecule has 2 N–H and O–H groups in total. The van der Waals surface area contributed by atoms with E-state index in [1.54, 1.807) is 0 Å². The zero-order valence-corrected chi connectivity index (χ0v) is 20.3. The third kappa shape index (κ3) is 4.85. The molecule has 1 aliphatic heterocycles. The summed E-state index contributed by atoms with van der Waals surface area (Å²) in [5, 5.41) is 14.6. The summed E-state index contributed by atoms with van der Waals surface area (Å²) in [5.41, 5.74) is 2.22. The highest BCUT2D eigenvalue weighted by Crippen LogP contribution is 2.46. The topological polar surface area (TPSA) is 49.3 Å². The molecule has 0 aromatic heterocycles. The highest BCUT2D eigenvalue weighted by Gasteiger charge is 2.47. The van der Waals surface area contributed by atoms with Gasteiger partial charge in [0.2, 0.25) is 0 Å². The number of aliphatic hydroxyl groups is 1. The van der Waals surface area contributed by atoms with Crippen molar-refractivity contribution in [2.45, 2.75) is 24.4 Å². The minimum Gasteiger partial charge on any atom is -0.388 e. The van der Waals surface area contributed by atoms with Crippen LogP contribution in [0.25, 0.3) is 0 Å². The second-order valence-corrected chi connectivity index (χ2v) is 10.0. The number of piperidine rings is 1. The van der Waals surface area contributed by atoms with E-state index in [2.05, 4.69) is 49.3 Å². The van der Waals surface area contributed by atoms with Gasteiger partial charge in [-0.25, -0.2) is 0 Å². The lowest BCUT2D eigenvalue weighted by Gasteiger charge is -2.45. The second kappa shape index (κ2) is 9.78. The minimum atomic E-state index is -0.650. The fraction of sp³-hybridized carbons (Fsp3) is 0.269. The summed E-state index contributed by atoms with van der Waals surface area (Å²) in [5.74, 6) is -0.162. The molecule has 1 fully saturated rings. The molecule has 0 bridgehead atoms. The van der Waals surface area contributed by atoms with Gasteiger partial charge in [0.25, 0.3) is 0 Å². The van der Waals surface area contributed by atoms with Gasteiger partial charge in [-0.1, -0.05) is 86.5 Å². The Balaban J connectivity index is 1.77. The number of ketones is 1. The Morgan fingerprint density at radius 3 is 2.23 bits per heavy atom. The summed E-state index contributed by atoms with van der Waals surface area (Å²) in [7, 11) is 0. The van der Waals surface area contributed by atoms with Crippen molar-refractivity contribution >= 4 is 37.6 Å². The van der Waals surface area contributed by atoms with Crippen molar-refractivity contribution in [2.24, 2.45) is 5.92 Å². The van der Waals surface area contributed by atoms with Crippen LogP contribution >= 0.6 is 31.9 Å². The molecule has 5 heteroatoms. The molecule has 3 nitrogen and oxygen atoms in total. The van der Waals surface area contributed by atoms with Gasteiger partial charge in [-0.2, -0.15) is 0 Å². The lowest BCUT2D eigenvalue weighted by molar-refractivity contribution is 0.0628. The molecule has 160 valence electrons. The molecule has 0 saturated carbocycles. The minimum absolute atomic E-state index is 0.114. The number of Topliss-reactive ketones (excluding diaryl/α,β-unsaturated/α-hetero) is 1. The molecule has 3 unspecified atom stereocenters. The van der Waals surface area contributed by atoms with Gasteiger partial charge in [-0.05, 0) is 54.8 Å². The van der Waals surface area contributed by atoms with Crippen LogP contribution in [0.2, 0.25) is 0 Å². The maximum atomic E-state index is 13.7. The van der Waals surface area contributed by atoms with Crippen molar-refractivity contribution < 1.29 is 9.90 Å². The highest BCUT2D eigenvalue weighted by molar-refractivity contribution is 9.10. The summed E-state index contributed by atoms with van der Waals surface area (Å²) in [6.45, 7) is 1.40. The van der Waals surface area contributed by atoms with Crippen molar-refractivity contribution in [2.75, 3.05) is 13.1 Å². The number of carbonyl (C=O) groups is 1. The first-order valence-corrected chi connectivity index (χ1v) is 12.1. The average molecular weight is 543 g/mol. The first-order valence-electron chi connectivity index (χ1n) is 10.5. The van der Waals surface area contributed by atoms with Crippen LogP contribution in [0.4, 0.5) is 0 Å². The Labute approximate surface area is 200 Å². The van der Waals surface area contributed by atoms with Crippen molar-refractivity contribution in [3.8, 4) is 0 Å². The highest BCUT2D eigenvalue weighted by atomic mass is 79.9. The van der Waals surface area contributed by atoms with E-state index in [9.17, 15) is 9.90 Å². The Morgan fingerprint density at radius 1 is 0.968 bits per heavy atom. The van der Waals surface area contributed by atoms with E-state index >= 15 is 0 Å². The van der Waals surface area contributed by atoms with E-state index in [-0.39, 0.29) is 11.7 Å². The number of rotatable bonds is 6. The van der Waals surface area contributed by atoms with Gasteiger partial charge in [0.05, 0.1) is 6.10 Å². The molecular formula is C26H25Br2NO2. The summed E-state index contributed by atoms with van der Waals surface area (Å²) in [6, 6.07) is 25.5. The lowest BCUT2D eigenvalue weighted by Crippen LogP contribution is -2.52. The lowest BCUT2D eigenvalue weighted by atomic mass is 9.61. The molecule has 0 amide bonds. The van der Waals surface area contributed by atoms with Crippen LogP contribution in [0.5, 0.6) is 0 Å². The third-order valence-corrected chi connectivity index (χ3v) is 7.43. The van der Waals surface area contributed by atoms with Crippen molar-refractivity contribution in [3.63, 3.8) is 0 Å². The number of hydrogen-bond donors (Lipinski definition) is 2. The molecule has 1 saturated heterocycles. The number of benzene rings is 3. The van der Waals surface area contributed by atoms with E-state index in [0.717, 1.165) is 33.0 Å². The summed E-state index contributed by atoms with van der Waals surface area (Å²) < 4.78 is 1.95. The van der Waals surface area contributed by atoms with Crippen LogP contribution in [0.3, 0.4) is 0 Å². The fourth-order valence-electron chi connectivity index (χ4n) is 4.71. The molecular weight excluding hydrogens is 518 g/mol. The Kier molecular flexibility index (Phi) is 7.07. The standard InChI is InChI=1S/C26H25Br2NO2/c27-21-10-6-19(7-11-21)25(31)23-17-29-15-14-26(23,20-8-12-22(28)13-9-20)16-24(30)18-4-2-1-3-5-18/h1-13,23-24,29-30H,14-17H2. The smallest absolute Gasteiger partial charge is 0.168 e. The maximum absolute atomic E-state index is 13.7. The van der Waals surface area contributed by atoms with E-state index in [1.807, 2.05) is 66.7 Å². The average Bonchev–Trinajstić information content (AvgIpc) is 2.80. The van der Waals surface area contributed by atoms with Gasteiger partial charge in [0.15, 0.2) is 5.78 Å². The molecule has 0 aliphatic carbocycles. The van der Waals surface area contributed by atoms with Gasteiger partial charge in [0.1, 0.15) is 0 Å². The molecule has 1 aliphatic rings. The largest absolute Gasteiger partial charge is 0.388 e. The van der Waals surface area contributed by atoms with Gasteiger partial charge in [-0.15, -0.1) is 0 Å². The van der Waals surface area contributed by atoms with E-state index in [0.29, 0.717) is 18.5 Å². The van der Waals surface area contributed by atoms with Gasteiger partial charge >= 0.3 is 0 Å². The molecule has 31 heavy (non-hydrogen) atoms. The fourth-order valence-corrected chi connectivity index (χ4v) is 5.24. The number of aliphatic hydroxyl groups excluding tert-OH is 1. The van der Waals surface area contributed by atoms with Crippen LogP contribution in [0.15, 0.2) is 87.8 Å². The monoisotopic (exact) mass is 541 g/mol. The summed E-state index contributed by atoms with van der Waals surface area (Å²) in [6.07, 6.45) is 0.627. The Hall–Kier alpha value is -1.79. The molecule has 3 aromatic rings. The van der Waals surface area contributed by atoms with Crippen molar-refractivity contribution in [3.05, 3.63) is 104 Å². The van der Waals surface area contributed by atoms with Crippen LogP contribution in [-0.4, -0.2) is 24.0 Å². The van der Waals surface area contributed by atoms with Gasteiger partial charge in [0, 0.05) is 32.4 Å². The van der Waals surface area contributed by atoms with Crippen LogP contribution in [0, 0.1) is 5.92 Å². The van der Waals surface area contributed by atoms with Gasteiger partial charge in [-0.3, -0.25) is 4.79 Å². The molecule has 4 rings (SSSR count). The zero-order chi connectivity index (χ0) is 21.8. The van der Waals surface area contributed by atoms with Crippen molar-refractivity contribution in [1.29, 1.82) is 0 Å². The first-order chi connectivity index (χ1) is 15.0. The molecule has 1 heterocycles. The van der Waals surface area contributed by atoms with Crippen LogP contribution in [0.1, 0.15) is 40.4 Å². The van der Waals surface area contributed by atoms with Crippen LogP contribution in [-0.2, 0) is 5.41 Å². The normalized spacial score (nSPS) is 22.1. The Morgan fingerprint density at radius 2 is 1.58 bits per heavy atom. The van der Waals surface area contributed by atoms with E-state index < -0.39 is 11.5 Å². The Bertz CT molecular complexity index is 1020. The first kappa shape index (κ1) is 22.4. The summed E-state index contributed by atoms with van der Waals surface area (Å²) in [4.78, 5) is 13.7. The number of halogens is 2. The number of carbonyl (C=O) groups excluding carboxylic acids is 1. The second-order valence-electron chi connectivity index (χ2n) is 8.17. The summed E-state index contributed by atoms with van der Waals surface area (Å²) >= 11 is 6.98. The van der Waals surface area contributed by atoms with E-state index in [4.69, 9.17) is 0 Å². The number of hydrogen-bond acceptors (Lipinski definition) is 3. The van der Waals surface area contributed by atoms with Gasteiger partial charge < -0.3 is 10.4 Å². The quantitative estimate of drug-likeness (QED) is 0.372. The van der Waals surface area contributed by atoms with Crippen LogP contribution < -0.4 is 5.32 Å². The number of nitrogens with one attached hydrogen (secondary N) is 1. The molecule has 3 aromatic carbocycles. The molecule has 0 radical (unpaired) electrons. The predicted octanol–water partition coefficient (Wildman–Crippen LogP) is 6.07. The SMILES string of the molecule is O=C(c1ccc(Br)cc1)C1CNCCC1(CC(O)c1ccccc1)c1ccc(Br)cc1. The van der Waals surface area contributed by atoms with Crippen molar-refractivity contribution in [1.82, 2.24) is 5.32 Å². The molecule has 3 atom stereocenters. The molecule has 0 spiro atoms. The zero-order valence-electron chi connectivity index (χ0n) is 17.1. The van der Waals surface area contributed by atoms with E-state index in [1.165, 1.54) is 0 Å². The predicted molar refractivity (Wildman–Crippen MR) is 131 cm³/mol.